The third-order valence-electron chi connectivity index (χ3n) is 4.60. The Kier molecular flexibility index (Phi) is 7.50. The van der Waals surface area contributed by atoms with Crippen molar-refractivity contribution >= 4 is 17.4 Å². The zero-order valence-corrected chi connectivity index (χ0v) is 18.6. The van der Waals surface area contributed by atoms with Crippen LogP contribution >= 0.6 is 0 Å². The van der Waals surface area contributed by atoms with Gasteiger partial charge in [-0.25, -0.2) is 9.37 Å². The van der Waals surface area contributed by atoms with E-state index in [0.29, 0.717) is 17.7 Å². The number of nitrogens with two attached hydrogens (primary N) is 1. The van der Waals surface area contributed by atoms with E-state index in [9.17, 15) is 31.1 Å². The van der Waals surface area contributed by atoms with Crippen molar-refractivity contribution in [3.05, 3.63) is 77.7 Å². The van der Waals surface area contributed by atoms with E-state index in [1.54, 1.807) is 0 Å². The maximum Gasteiger partial charge on any atom is 0.573 e. The van der Waals surface area contributed by atoms with E-state index in [1.807, 2.05) is 0 Å². The molecule has 0 bridgehead atoms. The molecule has 3 rings (SSSR count). The SMILES string of the molecule is C=C(N)c1ccnc(NC(=O)c2c(Oc3ccc(OC(F)(F)F)cc3OC)ccc(C(F)(F)F)c2F)c1. The standard InChI is InChI=1S/C23H16F7N3O4/c1-11(31)12-7-8-32-18(9-12)33-21(34)19-16(6-4-14(20(19)24)22(25,26)27)36-15-5-3-13(10-17(15)35-2)37-23(28,29)30/h3-10H,1,31H2,2H3,(H,32,33,34). The number of ether oxygens (including phenoxy) is 3. The molecule has 0 aliphatic carbocycles. The van der Waals surface area contributed by atoms with E-state index in [4.69, 9.17) is 15.2 Å². The summed E-state index contributed by atoms with van der Waals surface area (Å²) in [6.07, 6.45) is -8.96. The van der Waals surface area contributed by atoms with Crippen molar-refractivity contribution in [2.45, 2.75) is 12.5 Å². The lowest BCUT2D eigenvalue weighted by molar-refractivity contribution is -0.274. The van der Waals surface area contributed by atoms with Crippen molar-refractivity contribution in [3.8, 4) is 23.0 Å². The topological polar surface area (TPSA) is 95.7 Å². The van der Waals surface area contributed by atoms with E-state index in [-0.39, 0.29) is 23.0 Å². The normalized spacial score (nSPS) is 11.6. The number of amides is 1. The fourth-order valence-corrected chi connectivity index (χ4v) is 3.00. The minimum absolute atomic E-state index is 0.0946. The summed E-state index contributed by atoms with van der Waals surface area (Å²) in [5, 5.41) is 2.15. The molecule has 1 amide bonds. The third-order valence-corrected chi connectivity index (χ3v) is 4.60. The number of hydrogen-bond donors (Lipinski definition) is 2. The number of benzene rings is 2. The van der Waals surface area contributed by atoms with Crippen LogP contribution in [-0.2, 0) is 6.18 Å². The molecular formula is C23H16F7N3O4. The molecule has 0 fully saturated rings. The van der Waals surface area contributed by atoms with Gasteiger partial charge in [-0.3, -0.25) is 4.79 Å². The number of carbonyl (C=O) groups excluding carboxylic acids is 1. The minimum Gasteiger partial charge on any atom is -0.493 e. The Morgan fingerprint density at radius 1 is 1.00 bits per heavy atom. The first kappa shape index (κ1) is 27.1. The average molecular weight is 531 g/mol. The van der Waals surface area contributed by atoms with E-state index in [0.717, 1.165) is 25.3 Å². The van der Waals surface area contributed by atoms with Gasteiger partial charge in [-0.2, -0.15) is 13.2 Å². The molecule has 0 saturated carbocycles. The van der Waals surface area contributed by atoms with E-state index in [2.05, 4.69) is 21.6 Å². The van der Waals surface area contributed by atoms with Gasteiger partial charge in [0, 0.05) is 23.5 Å². The van der Waals surface area contributed by atoms with Crippen LogP contribution < -0.4 is 25.3 Å². The molecule has 0 aliphatic heterocycles. The number of methoxy groups -OCH3 is 1. The molecule has 7 nitrogen and oxygen atoms in total. The van der Waals surface area contributed by atoms with Gasteiger partial charge < -0.3 is 25.3 Å². The molecule has 0 saturated heterocycles. The summed E-state index contributed by atoms with van der Waals surface area (Å²) >= 11 is 0. The Morgan fingerprint density at radius 3 is 2.27 bits per heavy atom. The molecule has 0 aliphatic rings. The highest BCUT2D eigenvalue weighted by Gasteiger charge is 2.38. The van der Waals surface area contributed by atoms with Gasteiger partial charge in [-0.15, -0.1) is 13.2 Å². The van der Waals surface area contributed by atoms with Crippen LogP contribution in [0.1, 0.15) is 21.5 Å². The lowest BCUT2D eigenvalue weighted by atomic mass is 10.1. The van der Waals surface area contributed by atoms with Crippen LogP contribution in [0, 0.1) is 5.82 Å². The van der Waals surface area contributed by atoms with Crippen LogP contribution in [0.5, 0.6) is 23.0 Å². The molecule has 1 aromatic heterocycles. The molecular weight excluding hydrogens is 515 g/mol. The van der Waals surface area contributed by atoms with Gasteiger partial charge in [-0.1, -0.05) is 6.58 Å². The Morgan fingerprint density at radius 2 is 1.68 bits per heavy atom. The van der Waals surface area contributed by atoms with Crippen molar-refractivity contribution < 1.29 is 49.7 Å². The largest absolute Gasteiger partial charge is 0.573 e. The van der Waals surface area contributed by atoms with Crippen LogP contribution in [0.15, 0.2) is 55.2 Å². The number of anilines is 1. The summed E-state index contributed by atoms with van der Waals surface area (Å²) in [5.41, 5.74) is 3.08. The number of hydrogen-bond acceptors (Lipinski definition) is 6. The summed E-state index contributed by atoms with van der Waals surface area (Å²) in [6, 6.07) is 6.22. The highest BCUT2D eigenvalue weighted by molar-refractivity contribution is 6.06. The fourth-order valence-electron chi connectivity index (χ4n) is 3.00. The summed E-state index contributed by atoms with van der Waals surface area (Å²) in [7, 11) is 1.06. The first-order chi connectivity index (χ1) is 17.2. The van der Waals surface area contributed by atoms with E-state index in [1.165, 1.54) is 18.3 Å². The molecule has 196 valence electrons. The van der Waals surface area contributed by atoms with Crippen LogP contribution in [0.4, 0.5) is 36.6 Å². The van der Waals surface area contributed by atoms with Gasteiger partial charge in [0.1, 0.15) is 22.9 Å². The number of pyridine rings is 1. The van der Waals surface area contributed by atoms with E-state index >= 15 is 4.39 Å². The number of aromatic nitrogens is 1. The van der Waals surface area contributed by atoms with Crippen LogP contribution in [-0.4, -0.2) is 24.4 Å². The molecule has 1 heterocycles. The summed E-state index contributed by atoms with van der Waals surface area (Å²) in [4.78, 5) is 16.7. The number of rotatable bonds is 7. The van der Waals surface area contributed by atoms with Gasteiger partial charge in [0.25, 0.3) is 5.91 Å². The van der Waals surface area contributed by atoms with Gasteiger partial charge in [0.15, 0.2) is 17.3 Å². The zero-order valence-electron chi connectivity index (χ0n) is 18.6. The molecule has 37 heavy (non-hydrogen) atoms. The Bertz CT molecular complexity index is 1340. The molecule has 3 aromatic rings. The number of nitrogens with one attached hydrogen (secondary N) is 1. The summed E-state index contributed by atoms with van der Waals surface area (Å²) in [6.45, 7) is 3.51. The second-order valence-corrected chi connectivity index (χ2v) is 7.17. The van der Waals surface area contributed by atoms with Crippen molar-refractivity contribution in [3.63, 3.8) is 0 Å². The predicted molar refractivity (Wildman–Crippen MR) is 117 cm³/mol. The fraction of sp³-hybridized carbons (Fsp3) is 0.130. The van der Waals surface area contributed by atoms with Crippen LogP contribution in [0.3, 0.4) is 0 Å². The molecule has 14 heteroatoms. The number of halogens is 7. The van der Waals surface area contributed by atoms with Crippen molar-refractivity contribution in [2.75, 3.05) is 12.4 Å². The highest BCUT2D eigenvalue weighted by Crippen LogP contribution is 2.40. The molecule has 0 unspecified atom stereocenters. The molecule has 2 aromatic carbocycles. The summed E-state index contributed by atoms with van der Waals surface area (Å²) < 4.78 is 107. The zero-order chi connectivity index (χ0) is 27.5. The smallest absolute Gasteiger partial charge is 0.493 e. The lowest BCUT2D eigenvalue weighted by Gasteiger charge is -2.18. The quantitative estimate of drug-likeness (QED) is 0.357. The van der Waals surface area contributed by atoms with Crippen LogP contribution in [0.25, 0.3) is 5.70 Å². The van der Waals surface area contributed by atoms with Crippen LogP contribution in [0.2, 0.25) is 0 Å². The number of nitrogens with zero attached hydrogens (tertiary/aromatic N) is 1. The molecule has 3 N–H and O–H groups in total. The number of alkyl halides is 6. The summed E-state index contributed by atoms with van der Waals surface area (Å²) in [5.74, 6) is -5.64. The van der Waals surface area contributed by atoms with Crippen molar-refractivity contribution in [2.24, 2.45) is 5.73 Å². The Hall–Kier alpha value is -4.49. The average Bonchev–Trinajstić information content (AvgIpc) is 2.78. The van der Waals surface area contributed by atoms with Crippen molar-refractivity contribution in [1.29, 1.82) is 0 Å². The maximum atomic E-state index is 15.0. The Labute approximate surface area is 204 Å². The van der Waals surface area contributed by atoms with Gasteiger partial charge in [0.05, 0.1) is 12.7 Å². The highest BCUT2D eigenvalue weighted by atomic mass is 19.4. The monoisotopic (exact) mass is 531 g/mol. The number of carbonyl (C=O) groups is 1. The first-order valence-corrected chi connectivity index (χ1v) is 9.93. The molecule has 0 spiro atoms. The second kappa shape index (κ2) is 10.2. The third kappa shape index (κ3) is 6.59. The lowest BCUT2D eigenvalue weighted by Crippen LogP contribution is -2.19. The Balaban J connectivity index is 2.05. The minimum atomic E-state index is -5.17. The predicted octanol–water partition coefficient (Wildman–Crippen LogP) is 6.12. The van der Waals surface area contributed by atoms with Gasteiger partial charge >= 0.3 is 12.5 Å². The van der Waals surface area contributed by atoms with E-state index < -0.39 is 46.9 Å². The van der Waals surface area contributed by atoms with Crippen molar-refractivity contribution in [1.82, 2.24) is 4.98 Å². The van der Waals surface area contributed by atoms with Gasteiger partial charge in [-0.05, 0) is 36.4 Å². The van der Waals surface area contributed by atoms with Gasteiger partial charge in [0.2, 0.25) is 0 Å². The maximum absolute atomic E-state index is 15.0. The molecule has 0 radical (unpaired) electrons. The second-order valence-electron chi connectivity index (χ2n) is 7.17. The molecule has 0 atom stereocenters. The first-order valence-electron chi connectivity index (χ1n) is 9.93.